The molecule has 0 aromatic carbocycles. The number of aromatic nitrogens is 2. The Bertz CT molecular complexity index is 922. The van der Waals surface area contributed by atoms with Gasteiger partial charge in [-0.25, -0.2) is 13.4 Å². The first-order chi connectivity index (χ1) is 13.5. The molecule has 8 nitrogen and oxygen atoms in total. The third kappa shape index (κ3) is 4.31. The molecule has 0 unspecified atom stereocenters. The molecule has 0 atom stereocenters. The summed E-state index contributed by atoms with van der Waals surface area (Å²) < 4.78 is 32.6. The summed E-state index contributed by atoms with van der Waals surface area (Å²) in [6.45, 7) is 0.773. The molecular weight excluding hydrogens is 380 g/mol. The molecular formula is C19H22N4O4S. The normalized spacial score (nSPS) is 18.6. The first kappa shape index (κ1) is 18.8. The van der Waals surface area contributed by atoms with Crippen LogP contribution in [-0.4, -0.2) is 47.8 Å². The monoisotopic (exact) mass is 402 g/mol. The number of anilines is 1. The van der Waals surface area contributed by atoms with Crippen LogP contribution < -0.4 is 10.1 Å². The van der Waals surface area contributed by atoms with Crippen LogP contribution >= 0.6 is 0 Å². The largest absolute Gasteiger partial charge is 0.474 e. The average Bonchev–Trinajstić information content (AvgIpc) is 3.56. The van der Waals surface area contributed by atoms with Crippen LogP contribution in [0.3, 0.4) is 0 Å². The van der Waals surface area contributed by atoms with Crippen molar-refractivity contribution in [2.24, 2.45) is 5.92 Å². The Balaban J connectivity index is 1.30. The van der Waals surface area contributed by atoms with Crippen LogP contribution in [0.5, 0.6) is 5.88 Å². The Morgan fingerprint density at radius 1 is 1.11 bits per heavy atom. The average molecular weight is 402 g/mol. The van der Waals surface area contributed by atoms with Gasteiger partial charge in [0.2, 0.25) is 21.8 Å². The molecule has 0 spiro atoms. The summed E-state index contributed by atoms with van der Waals surface area (Å²) in [5, 5.41) is 2.84. The van der Waals surface area contributed by atoms with E-state index in [0.717, 1.165) is 12.8 Å². The summed E-state index contributed by atoms with van der Waals surface area (Å²) in [7, 11) is -3.52. The number of piperidine rings is 1. The van der Waals surface area contributed by atoms with E-state index in [4.69, 9.17) is 4.74 Å². The maximum Gasteiger partial charge on any atom is 0.244 e. The smallest absolute Gasteiger partial charge is 0.244 e. The van der Waals surface area contributed by atoms with Crippen molar-refractivity contribution in [3.05, 3.63) is 42.9 Å². The fourth-order valence-electron chi connectivity index (χ4n) is 3.12. The highest BCUT2D eigenvalue weighted by molar-refractivity contribution is 7.89. The van der Waals surface area contributed by atoms with E-state index in [1.807, 2.05) is 0 Å². The molecule has 9 heteroatoms. The van der Waals surface area contributed by atoms with Gasteiger partial charge in [-0.15, -0.1) is 0 Å². The molecule has 1 aliphatic carbocycles. The van der Waals surface area contributed by atoms with Gasteiger partial charge < -0.3 is 10.1 Å². The lowest BCUT2D eigenvalue weighted by Gasteiger charge is -2.31. The predicted molar refractivity (Wildman–Crippen MR) is 102 cm³/mol. The zero-order valence-corrected chi connectivity index (χ0v) is 16.1. The molecule has 0 bridgehead atoms. The molecule has 1 saturated heterocycles. The highest BCUT2D eigenvalue weighted by Gasteiger charge is 2.31. The number of pyridine rings is 2. The molecule has 0 radical (unpaired) electrons. The standard InChI is InChI=1S/C19H22N4O4S/c24-19(14-3-4-14)22-15-5-6-18(21-12-15)27-16-7-10-23(11-8-16)28(25,26)17-2-1-9-20-13-17/h1-2,5-6,9,12-14,16H,3-4,7-8,10-11H2,(H,22,24). The Morgan fingerprint density at radius 2 is 1.89 bits per heavy atom. The summed E-state index contributed by atoms with van der Waals surface area (Å²) in [6, 6.07) is 6.66. The summed E-state index contributed by atoms with van der Waals surface area (Å²) in [6.07, 6.45) is 7.48. The second-order valence-electron chi connectivity index (χ2n) is 7.06. The van der Waals surface area contributed by atoms with Crippen molar-refractivity contribution in [1.82, 2.24) is 14.3 Å². The number of rotatable bonds is 6. The van der Waals surface area contributed by atoms with Gasteiger partial charge in [-0.2, -0.15) is 4.31 Å². The van der Waals surface area contributed by atoms with Gasteiger partial charge in [0.1, 0.15) is 11.0 Å². The lowest BCUT2D eigenvalue weighted by molar-refractivity contribution is -0.117. The van der Waals surface area contributed by atoms with E-state index in [1.54, 1.807) is 36.7 Å². The predicted octanol–water partition coefficient (Wildman–Crippen LogP) is 2.06. The number of hydrogen-bond acceptors (Lipinski definition) is 6. The molecule has 1 N–H and O–H groups in total. The number of carbonyl (C=O) groups excluding carboxylic acids is 1. The van der Waals surface area contributed by atoms with E-state index in [9.17, 15) is 13.2 Å². The van der Waals surface area contributed by atoms with Gasteiger partial charge in [0.05, 0.1) is 11.9 Å². The highest BCUT2D eigenvalue weighted by atomic mass is 32.2. The SMILES string of the molecule is O=C(Nc1ccc(OC2CCN(S(=O)(=O)c3cccnc3)CC2)nc1)C1CC1. The van der Waals surface area contributed by atoms with Gasteiger partial charge in [0, 0.05) is 37.5 Å². The maximum atomic E-state index is 12.6. The van der Waals surface area contributed by atoms with Crippen LogP contribution in [0.15, 0.2) is 47.8 Å². The Morgan fingerprint density at radius 3 is 2.50 bits per heavy atom. The fraction of sp³-hybridized carbons (Fsp3) is 0.421. The zero-order chi connectivity index (χ0) is 19.6. The Kier molecular flexibility index (Phi) is 5.27. The van der Waals surface area contributed by atoms with Gasteiger partial charge in [-0.3, -0.25) is 9.78 Å². The fourth-order valence-corrected chi connectivity index (χ4v) is 4.56. The molecule has 4 rings (SSSR count). The van der Waals surface area contributed by atoms with Gasteiger partial charge in [-0.05, 0) is 43.9 Å². The lowest BCUT2D eigenvalue weighted by Crippen LogP contribution is -2.41. The topological polar surface area (TPSA) is 101 Å². The minimum absolute atomic E-state index is 0.0395. The van der Waals surface area contributed by atoms with Crippen LogP contribution in [0.25, 0.3) is 0 Å². The zero-order valence-electron chi connectivity index (χ0n) is 15.3. The summed E-state index contributed by atoms with van der Waals surface area (Å²) in [5.41, 5.74) is 0.654. The van der Waals surface area contributed by atoms with Crippen LogP contribution in [0.1, 0.15) is 25.7 Å². The van der Waals surface area contributed by atoms with E-state index in [-0.39, 0.29) is 22.8 Å². The van der Waals surface area contributed by atoms with E-state index < -0.39 is 10.0 Å². The summed E-state index contributed by atoms with van der Waals surface area (Å²) >= 11 is 0. The van der Waals surface area contributed by atoms with E-state index in [0.29, 0.717) is 37.5 Å². The minimum atomic E-state index is -3.52. The van der Waals surface area contributed by atoms with Gasteiger partial charge in [-0.1, -0.05) is 0 Å². The number of hydrogen-bond donors (Lipinski definition) is 1. The summed E-state index contributed by atoms with van der Waals surface area (Å²) in [5.74, 6) is 0.653. The second-order valence-corrected chi connectivity index (χ2v) is 9.00. The van der Waals surface area contributed by atoms with E-state index in [2.05, 4.69) is 15.3 Å². The number of amides is 1. The van der Waals surface area contributed by atoms with E-state index >= 15 is 0 Å². The molecule has 1 aliphatic heterocycles. The number of nitrogens with one attached hydrogen (secondary N) is 1. The van der Waals surface area contributed by atoms with Gasteiger partial charge >= 0.3 is 0 Å². The number of carbonyl (C=O) groups is 1. The Hall–Kier alpha value is -2.52. The van der Waals surface area contributed by atoms with Crippen LogP contribution in [-0.2, 0) is 14.8 Å². The number of ether oxygens (including phenoxy) is 1. The quantitative estimate of drug-likeness (QED) is 0.794. The van der Waals surface area contributed by atoms with Gasteiger partial charge in [0.25, 0.3) is 0 Å². The first-order valence-corrected chi connectivity index (χ1v) is 10.8. The van der Waals surface area contributed by atoms with Crippen molar-refractivity contribution < 1.29 is 17.9 Å². The van der Waals surface area contributed by atoms with E-state index in [1.165, 1.54) is 10.5 Å². The first-order valence-electron chi connectivity index (χ1n) is 9.36. The van der Waals surface area contributed by atoms with Crippen molar-refractivity contribution in [3.63, 3.8) is 0 Å². The maximum absolute atomic E-state index is 12.6. The second kappa shape index (κ2) is 7.84. The lowest BCUT2D eigenvalue weighted by atomic mass is 10.1. The molecule has 2 aliphatic rings. The Labute approximate surface area is 164 Å². The molecule has 3 heterocycles. The molecule has 2 fully saturated rings. The third-order valence-corrected chi connectivity index (χ3v) is 6.79. The summed E-state index contributed by atoms with van der Waals surface area (Å²) in [4.78, 5) is 20.1. The molecule has 28 heavy (non-hydrogen) atoms. The van der Waals surface area contributed by atoms with Crippen LogP contribution in [0, 0.1) is 5.92 Å². The molecule has 2 aromatic heterocycles. The van der Waals surface area contributed by atoms with Crippen molar-refractivity contribution in [1.29, 1.82) is 0 Å². The van der Waals surface area contributed by atoms with Crippen LogP contribution in [0.4, 0.5) is 5.69 Å². The van der Waals surface area contributed by atoms with Crippen molar-refractivity contribution in [2.45, 2.75) is 36.7 Å². The van der Waals surface area contributed by atoms with Crippen molar-refractivity contribution >= 4 is 21.6 Å². The number of nitrogens with zero attached hydrogens (tertiary/aromatic N) is 3. The molecule has 148 valence electrons. The van der Waals surface area contributed by atoms with Crippen molar-refractivity contribution in [3.8, 4) is 5.88 Å². The minimum Gasteiger partial charge on any atom is -0.474 e. The molecule has 1 saturated carbocycles. The van der Waals surface area contributed by atoms with Gasteiger partial charge in [0.15, 0.2) is 0 Å². The molecule has 2 aromatic rings. The number of sulfonamides is 1. The highest BCUT2D eigenvalue weighted by Crippen LogP contribution is 2.30. The third-order valence-electron chi connectivity index (χ3n) is 4.91. The molecule has 1 amide bonds. The van der Waals surface area contributed by atoms with Crippen LogP contribution in [0.2, 0.25) is 0 Å². The van der Waals surface area contributed by atoms with Crippen molar-refractivity contribution in [2.75, 3.05) is 18.4 Å².